The number of rotatable bonds is 7. The third-order valence-electron chi connectivity index (χ3n) is 4.32. The van der Waals surface area contributed by atoms with E-state index < -0.39 is 6.04 Å². The summed E-state index contributed by atoms with van der Waals surface area (Å²) in [4.78, 5) is 17.5. The van der Waals surface area contributed by atoms with Gasteiger partial charge in [-0.3, -0.25) is 4.79 Å². The zero-order valence-corrected chi connectivity index (χ0v) is 16.8. The van der Waals surface area contributed by atoms with Gasteiger partial charge in [0.25, 0.3) is 0 Å². The van der Waals surface area contributed by atoms with Gasteiger partial charge in [0.15, 0.2) is 6.04 Å². The standard InChI is InChI=1S/C20H17ClN6OS/c21-16-8-6-14(7-9-16)17-12-29-18(24-17)10-11-22-20(28)19(27-13-23-25-26-27)15-4-2-1-3-5-15/h1-9,12-13,19H,10-11H2,(H,22,28). The van der Waals surface area contributed by atoms with Gasteiger partial charge in [0.1, 0.15) is 6.33 Å². The van der Waals surface area contributed by atoms with Crippen molar-refractivity contribution in [1.82, 2.24) is 30.5 Å². The summed E-state index contributed by atoms with van der Waals surface area (Å²) in [5, 5.41) is 17.8. The molecule has 2 aromatic carbocycles. The van der Waals surface area contributed by atoms with E-state index in [1.807, 2.05) is 60.0 Å². The van der Waals surface area contributed by atoms with Crippen LogP contribution in [0.3, 0.4) is 0 Å². The van der Waals surface area contributed by atoms with Gasteiger partial charge >= 0.3 is 0 Å². The number of amides is 1. The fourth-order valence-electron chi connectivity index (χ4n) is 2.91. The van der Waals surface area contributed by atoms with Crippen molar-refractivity contribution in [3.8, 4) is 11.3 Å². The molecule has 2 heterocycles. The van der Waals surface area contributed by atoms with E-state index in [2.05, 4.69) is 25.8 Å². The minimum absolute atomic E-state index is 0.169. The summed E-state index contributed by atoms with van der Waals surface area (Å²) < 4.78 is 1.45. The Labute approximate surface area is 176 Å². The summed E-state index contributed by atoms with van der Waals surface area (Å²) in [7, 11) is 0. The lowest BCUT2D eigenvalue weighted by atomic mass is 10.1. The van der Waals surface area contributed by atoms with Gasteiger partial charge in [-0.25, -0.2) is 9.67 Å². The molecule has 1 amide bonds. The lowest BCUT2D eigenvalue weighted by Gasteiger charge is -2.16. The number of carbonyl (C=O) groups is 1. The molecule has 0 fully saturated rings. The van der Waals surface area contributed by atoms with Crippen LogP contribution in [0.5, 0.6) is 0 Å². The van der Waals surface area contributed by atoms with Crippen LogP contribution in [0.2, 0.25) is 5.02 Å². The Kier molecular flexibility index (Phi) is 5.92. The highest BCUT2D eigenvalue weighted by Gasteiger charge is 2.23. The number of hydrogen-bond acceptors (Lipinski definition) is 6. The van der Waals surface area contributed by atoms with Crippen molar-refractivity contribution in [2.45, 2.75) is 12.5 Å². The quantitative estimate of drug-likeness (QED) is 0.491. The Hall–Kier alpha value is -3.10. The zero-order valence-electron chi connectivity index (χ0n) is 15.3. The van der Waals surface area contributed by atoms with Crippen molar-refractivity contribution in [1.29, 1.82) is 0 Å². The molecule has 0 saturated carbocycles. The molecule has 7 nitrogen and oxygen atoms in total. The molecule has 1 unspecified atom stereocenters. The number of benzene rings is 2. The van der Waals surface area contributed by atoms with Gasteiger partial charge in [0.05, 0.1) is 10.7 Å². The molecule has 0 saturated heterocycles. The van der Waals surface area contributed by atoms with Crippen LogP contribution < -0.4 is 5.32 Å². The van der Waals surface area contributed by atoms with E-state index >= 15 is 0 Å². The number of nitrogens with zero attached hydrogens (tertiary/aromatic N) is 5. The molecule has 146 valence electrons. The molecular weight excluding hydrogens is 408 g/mol. The lowest BCUT2D eigenvalue weighted by Crippen LogP contribution is -2.34. The average Bonchev–Trinajstić information content (AvgIpc) is 3.42. The van der Waals surface area contributed by atoms with E-state index in [1.165, 1.54) is 11.0 Å². The van der Waals surface area contributed by atoms with Crippen LogP contribution in [0.15, 0.2) is 66.3 Å². The van der Waals surface area contributed by atoms with Crippen molar-refractivity contribution in [3.63, 3.8) is 0 Å². The second-order valence-electron chi connectivity index (χ2n) is 6.28. The van der Waals surface area contributed by atoms with Crippen molar-refractivity contribution < 1.29 is 4.79 Å². The van der Waals surface area contributed by atoms with Gasteiger partial charge in [0, 0.05) is 28.9 Å². The number of tetrazole rings is 1. The molecule has 0 aliphatic rings. The van der Waals surface area contributed by atoms with Gasteiger partial charge < -0.3 is 5.32 Å². The molecule has 2 aromatic heterocycles. The maximum atomic E-state index is 12.8. The molecule has 0 aliphatic carbocycles. The third kappa shape index (κ3) is 4.67. The van der Waals surface area contributed by atoms with Gasteiger partial charge in [0.2, 0.25) is 5.91 Å². The number of nitrogens with one attached hydrogen (secondary N) is 1. The number of aromatic nitrogens is 5. The molecule has 4 aromatic rings. The van der Waals surface area contributed by atoms with Crippen LogP contribution in [0.25, 0.3) is 11.3 Å². The normalized spacial score (nSPS) is 11.9. The van der Waals surface area contributed by atoms with E-state index in [4.69, 9.17) is 11.6 Å². The van der Waals surface area contributed by atoms with Crippen LogP contribution in [-0.4, -0.2) is 37.6 Å². The summed E-state index contributed by atoms with van der Waals surface area (Å²) in [6.45, 7) is 0.470. The molecule has 4 rings (SSSR count). The molecule has 0 spiro atoms. The predicted octanol–water partition coefficient (Wildman–Crippen LogP) is 3.40. The van der Waals surface area contributed by atoms with Gasteiger partial charge in [-0.05, 0) is 28.1 Å². The summed E-state index contributed by atoms with van der Waals surface area (Å²) in [5.74, 6) is -0.169. The molecule has 1 N–H and O–H groups in total. The van der Waals surface area contributed by atoms with Crippen molar-refractivity contribution >= 4 is 28.8 Å². The Balaban J connectivity index is 1.39. The molecule has 29 heavy (non-hydrogen) atoms. The molecule has 0 aliphatic heterocycles. The second-order valence-corrected chi connectivity index (χ2v) is 7.66. The molecule has 9 heteroatoms. The number of halogens is 1. The number of carbonyl (C=O) groups excluding carboxylic acids is 1. The van der Waals surface area contributed by atoms with E-state index in [0.717, 1.165) is 21.8 Å². The van der Waals surface area contributed by atoms with Crippen LogP contribution in [0.4, 0.5) is 0 Å². The van der Waals surface area contributed by atoms with Crippen LogP contribution in [-0.2, 0) is 11.2 Å². The second kappa shape index (κ2) is 8.93. The Morgan fingerprint density at radius 2 is 1.93 bits per heavy atom. The van der Waals surface area contributed by atoms with E-state index in [9.17, 15) is 4.79 Å². The topological polar surface area (TPSA) is 85.6 Å². The van der Waals surface area contributed by atoms with Gasteiger partial charge in [-0.1, -0.05) is 54.1 Å². The minimum atomic E-state index is -0.618. The first-order chi connectivity index (χ1) is 14.2. The summed E-state index contributed by atoms with van der Waals surface area (Å²) >= 11 is 7.51. The highest BCUT2D eigenvalue weighted by Crippen LogP contribution is 2.23. The molecule has 0 radical (unpaired) electrons. The SMILES string of the molecule is O=C(NCCc1nc(-c2ccc(Cl)cc2)cs1)C(c1ccccc1)n1cnnn1. The monoisotopic (exact) mass is 424 g/mol. The fourth-order valence-corrected chi connectivity index (χ4v) is 3.85. The third-order valence-corrected chi connectivity index (χ3v) is 5.48. The van der Waals surface area contributed by atoms with Crippen molar-refractivity contribution in [2.75, 3.05) is 6.54 Å². The molecule has 0 bridgehead atoms. The Bertz CT molecular complexity index is 1070. The summed E-state index contributed by atoms with van der Waals surface area (Å²) in [5.41, 5.74) is 2.74. The highest BCUT2D eigenvalue weighted by molar-refractivity contribution is 7.09. The first kappa shape index (κ1) is 19.2. The maximum absolute atomic E-state index is 12.8. The molecule has 1 atom stereocenters. The number of thiazole rings is 1. The van der Waals surface area contributed by atoms with Gasteiger partial charge in [-0.15, -0.1) is 16.4 Å². The predicted molar refractivity (Wildman–Crippen MR) is 112 cm³/mol. The largest absolute Gasteiger partial charge is 0.354 e. The average molecular weight is 425 g/mol. The lowest BCUT2D eigenvalue weighted by molar-refractivity contribution is -0.123. The first-order valence-corrected chi connectivity index (χ1v) is 10.2. The first-order valence-electron chi connectivity index (χ1n) is 8.96. The van der Waals surface area contributed by atoms with Crippen LogP contribution in [0.1, 0.15) is 16.6 Å². The van der Waals surface area contributed by atoms with Gasteiger partial charge in [-0.2, -0.15) is 0 Å². The van der Waals surface area contributed by atoms with E-state index in [0.29, 0.717) is 18.0 Å². The summed E-state index contributed by atoms with van der Waals surface area (Å²) in [6, 6.07) is 16.4. The minimum Gasteiger partial charge on any atom is -0.354 e. The van der Waals surface area contributed by atoms with Crippen molar-refractivity contribution in [2.24, 2.45) is 0 Å². The van der Waals surface area contributed by atoms with Crippen LogP contribution in [0, 0.1) is 0 Å². The van der Waals surface area contributed by atoms with Crippen molar-refractivity contribution in [3.05, 3.63) is 81.9 Å². The highest BCUT2D eigenvalue weighted by atomic mass is 35.5. The Morgan fingerprint density at radius 3 is 2.66 bits per heavy atom. The number of hydrogen-bond donors (Lipinski definition) is 1. The molecular formula is C20H17ClN6OS. The van der Waals surface area contributed by atoms with Crippen LogP contribution >= 0.6 is 22.9 Å². The summed E-state index contributed by atoms with van der Waals surface area (Å²) in [6.07, 6.45) is 2.08. The Morgan fingerprint density at radius 1 is 1.14 bits per heavy atom. The smallest absolute Gasteiger partial charge is 0.249 e. The zero-order chi connectivity index (χ0) is 20.1. The fraction of sp³-hybridized carbons (Fsp3) is 0.150. The van der Waals surface area contributed by atoms with E-state index in [-0.39, 0.29) is 5.91 Å². The van der Waals surface area contributed by atoms with E-state index in [1.54, 1.807) is 11.3 Å². The maximum Gasteiger partial charge on any atom is 0.249 e.